The fourth-order valence-electron chi connectivity index (χ4n) is 5.22. The molecule has 0 bridgehead atoms. The van der Waals surface area contributed by atoms with Crippen LogP contribution < -0.4 is 15.4 Å². The van der Waals surface area contributed by atoms with Crippen molar-refractivity contribution in [2.45, 2.75) is 63.6 Å². The van der Waals surface area contributed by atoms with E-state index in [2.05, 4.69) is 10.6 Å². The van der Waals surface area contributed by atoms with E-state index in [0.29, 0.717) is 23.4 Å². The first-order valence-corrected chi connectivity index (χ1v) is 14.9. The van der Waals surface area contributed by atoms with Crippen LogP contribution in [0, 0.1) is 13.8 Å². The number of nitrogens with zero attached hydrogens (tertiary/aromatic N) is 1. The van der Waals surface area contributed by atoms with Gasteiger partial charge in [0, 0.05) is 16.9 Å². The van der Waals surface area contributed by atoms with Crippen LogP contribution in [-0.2, 0) is 22.6 Å². The van der Waals surface area contributed by atoms with Crippen LogP contribution >= 0.6 is 11.8 Å². The predicted octanol–water partition coefficient (Wildman–Crippen LogP) is 4.01. The van der Waals surface area contributed by atoms with Crippen LogP contribution in [0.3, 0.4) is 0 Å². The molecule has 2 unspecified atom stereocenters. The maximum absolute atomic E-state index is 13.9. The molecule has 0 aromatic heterocycles. The third kappa shape index (κ3) is 7.14. The van der Waals surface area contributed by atoms with Crippen LogP contribution in [0.1, 0.15) is 46.5 Å². The summed E-state index contributed by atoms with van der Waals surface area (Å²) in [5, 5.41) is 17.4. The quantitative estimate of drug-likeness (QED) is 0.330. The van der Waals surface area contributed by atoms with Crippen LogP contribution in [0.4, 0.5) is 0 Å². The number of hydrogen-bond donors (Lipinski definition) is 3. The third-order valence-corrected chi connectivity index (χ3v) is 9.09. The van der Waals surface area contributed by atoms with E-state index < -0.39 is 34.7 Å². The zero-order valence-electron chi connectivity index (χ0n) is 24.7. The van der Waals surface area contributed by atoms with Crippen molar-refractivity contribution in [3.8, 4) is 5.75 Å². The number of aryl methyl sites for hydroxylation is 2. The van der Waals surface area contributed by atoms with E-state index in [9.17, 15) is 19.5 Å². The Labute approximate surface area is 251 Å². The van der Waals surface area contributed by atoms with Gasteiger partial charge in [-0.25, -0.2) is 0 Å². The lowest BCUT2D eigenvalue weighted by atomic mass is 9.96. The molecule has 42 heavy (non-hydrogen) atoms. The molecule has 0 aliphatic carbocycles. The van der Waals surface area contributed by atoms with Crippen LogP contribution in [0.2, 0.25) is 0 Å². The number of ether oxygens (including phenoxy) is 1. The second kappa shape index (κ2) is 13.4. The number of thioether (sulfide) groups is 1. The lowest BCUT2D eigenvalue weighted by Crippen LogP contribution is -2.58. The fourth-order valence-corrected chi connectivity index (χ4v) is 6.36. The summed E-state index contributed by atoms with van der Waals surface area (Å²) in [6.45, 7) is 7.96. The summed E-state index contributed by atoms with van der Waals surface area (Å²) < 4.78 is 4.67. The number of carbonyl (C=O) groups is 3. The van der Waals surface area contributed by atoms with Gasteiger partial charge in [-0.15, -0.1) is 11.8 Å². The minimum Gasteiger partial charge on any atom is -0.497 e. The molecule has 3 aromatic rings. The molecule has 0 radical (unpaired) electrons. The molecular weight excluding hydrogens is 550 g/mol. The Morgan fingerprint density at radius 3 is 2.38 bits per heavy atom. The van der Waals surface area contributed by atoms with Gasteiger partial charge in [0.25, 0.3) is 11.8 Å². The standard InChI is InChI=1S/C33H39N3O5S/c1-21-11-9-10-14-24(21)19-34-31(39)29-33(3,4)42-20-36(29)32(40)28(37)27(18-23-12-7-6-8-13-23)35-30(38)26-16-15-25(41-5)17-22(26)2/h6-17,27-29,37H,18-20H2,1-5H3,(H,34,39)(H,35,38)/t27?,28?,29-/m1/s1. The van der Waals surface area contributed by atoms with Crippen molar-refractivity contribution in [2.75, 3.05) is 13.0 Å². The third-order valence-electron chi connectivity index (χ3n) is 7.72. The highest BCUT2D eigenvalue weighted by Crippen LogP contribution is 2.40. The highest BCUT2D eigenvalue weighted by atomic mass is 32.2. The first-order valence-electron chi connectivity index (χ1n) is 14.0. The Bertz CT molecular complexity index is 1430. The average molecular weight is 590 g/mol. The molecule has 222 valence electrons. The lowest BCUT2D eigenvalue weighted by molar-refractivity contribution is -0.147. The van der Waals surface area contributed by atoms with Gasteiger partial charge >= 0.3 is 0 Å². The molecule has 4 rings (SSSR count). The lowest BCUT2D eigenvalue weighted by Gasteiger charge is -2.33. The number of aliphatic hydroxyl groups is 1. The fraction of sp³-hybridized carbons (Fsp3) is 0.364. The van der Waals surface area contributed by atoms with Crippen LogP contribution in [-0.4, -0.2) is 63.6 Å². The van der Waals surface area contributed by atoms with Crippen molar-refractivity contribution >= 4 is 29.5 Å². The van der Waals surface area contributed by atoms with Crippen molar-refractivity contribution in [1.82, 2.24) is 15.5 Å². The van der Waals surface area contributed by atoms with Gasteiger partial charge < -0.3 is 25.4 Å². The summed E-state index contributed by atoms with van der Waals surface area (Å²) in [5.41, 5.74) is 4.03. The van der Waals surface area contributed by atoms with E-state index >= 15 is 0 Å². The topological polar surface area (TPSA) is 108 Å². The summed E-state index contributed by atoms with van der Waals surface area (Å²) in [6, 6.07) is 20.6. The Morgan fingerprint density at radius 2 is 1.71 bits per heavy atom. The van der Waals surface area contributed by atoms with Crippen molar-refractivity contribution in [2.24, 2.45) is 0 Å². The van der Waals surface area contributed by atoms with Gasteiger partial charge in [-0.2, -0.15) is 0 Å². The number of nitrogens with one attached hydrogen (secondary N) is 2. The molecule has 3 amide bonds. The zero-order chi connectivity index (χ0) is 30.4. The summed E-state index contributed by atoms with van der Waals surface area (Å²) in [6.07, 6.45) is -1.35. The second-order valence-corrected chi connectivity index (χ2v) is 12.7. The van der Waals surface area contributed by atoms with Crippen LogP contribution in [0.15, 0.2) is 72.8 Å². The Hall–Kier alpha value is -3.82. The van der Waals surface area contributed by atoms with Crippen molar-refractivity contribution in [3.63, 3.8) is 0 Å². The summed E-state index contributed by atoms with van der Waals surface area (Å²) in [7, 11) is 1.56. The molecule has 9 heteroatoms. The molecule has 0 saturated carbocycles. The van der Waals surface area contributed by atoms with E-state index in [1.165, 1.54) is 16.7 Å². The van der Waals surface area contributed by atoms with Gasteiger partial charge in [0.05, 0.1) is 19.0 Å². The smallest absolute Gasteiger partial charge is 0.254 e. The number of amides is 3. The first kappa shape index (κ1) is 31.1. The SMILES string of the molecule is COc1ccc(C(=O)NC(Cc2ccccc2)C(O)C(=O)N2CSC(C)(C)[C@H]2C(=O)NCc2ccccc2C)c(C)c1. The molecule has 1 fully saturated rings. The first-order chi connectivity index (χ1) is 20.0. The van der Waals surface area contributed by atoms with E-state index in [0.717, 1.165) is 16.7 Å². The summed E-state index contributed by atoms with van der Waals surface area (Å²) in [4.78, 5) is 42.2. The van der Waals surface area contributed by atoms with Crippen molar-refractivity contribution in [1.29, 1.82) is 0 Å². The molecule has 1 aliphatic heterocycles. The maximum Gasteiger partial charge on any atom is 0.254 e. The van der Waals surface area contributed by atoms with E-state index in [1.54, 1.807) is 32.2 Å². The van der Waals surface area contributed by atoms with Crippen LogP contribution in [0.5, 0.6) is 5.75 Å². The second-order valence-electron chi connectivity index (χ2n) is 11.1. The number of benzene rings is 3. The molecule has 8 nitrogen and oxygen atoms in total. The Balaban J connectivity index is 1.55. The molecule has 0 spiro atoms. The van der Waals surface area contributed by atoms with E-state index in [-0.39, 0.29) is 18.2 Å². The van der Waals surface area contributed by atoms with Crippen molar-refractivity contribution in [3.05, 3.63) is 101 Å². The zero-order valence-corrected chi connectivity index (χ0v) is 25.5. The molecule has 1 heterocycles. The Morgan fingerprint density at radius 1 is 1.02 bits per heavy atom. The van der Waals surface area contributed by atoms with Gasteiger partial charge in [0.1, 0.15) is 11.8 Å². The number of methoxy groups -OCH3 is 1. The molecule has 3 aromatic carbocycles. The monoisotopic (exact) mass is 589 g/mol. The molecule has 3 N–H and O–H groups in total. The minimum atomic E-state index is -1.58. The van der Waals surface area contributed by atoms with E-state index in [4.69, 9.17) is 4.74 Å². The maximum atomic E-state index is 13.9. The average Bonchev–Trinajstić information content (AvgIpc) is 3.30. The van der Waals surface area contributed by atoms with Crippen molar-refractivity contribution < 1.29 is 24.2 Å². The molecule has 1 saturated heterocycles. The largest absolute Gasteiger partial charge is 0.497 e. The molecule has 1 aliphatic rings. The number of aliphatic hydroxyl groups excluding tert-OH is 1. The highest BCUT2D eigenvalue weighted by Gasteiger charge is 2.49. The Kier molecular flexibility index (Phi) is 9.96. The van der Waals surface area contributed by atoms with E-state index in [1.807, 2.05) is 75.4 Å². The molecular formula is C33H39N3O5S. The predicted molar refractivity (Wildman–Crippen MR) is 165 cm³/mol. The summed E-state index contributed by atoms with van der Waals surface area (Å²) in [5.74, 6) is -0.426. The molecule has 3 atom stereocenters. The number of carbonyl (C=O) groups excluding carboxylic acids is 3. The van der Waals surface area contributed by atoms with Gasteiger partial charge in [-0.3, -0.25) is 14.4 Å². The van der Waals surface area contributed by atoms with Gasteiger partial charge in [-0.1, -0.05) is 54.6 Å². The van der Waals surface area contributed by atoms with Gasteiger partial charge in [0.2, 0.25) is 5.91 Å². The normalized spacial score (nSPS) is 17.3. The van der Waals surface area contributed by atoms with Gasteiger partial charge in [0.15, 0.2) is 6.10 Å². The van der Waals surface area contributed by atoms with Gasteiger partial charge in [-0.05, 0) is 74.6 Å². The summed E-state index contributed by atoms with van der Waals surface area (Å²) >= 11 is 1.48. The highest BCUT2D eigenvalue weighted by molar-refractivity contribution is 8.00. The number of rotatable bonds is 10. The van der Waals surface area contributed by atoms with Crippen LogP contribution in [0.25, 0.3) is 0 Å². The number of hydrogen-bond acceptors (Lipinski definition) is 6. The minimum absolute atomic E-state index is 0.225.